The van der Waals surface area contributed by atoms with Crippen LogP contribution in [0.5, 0.6) is 11.5 Å². The van der Waals surface area contributed by atoms with Gasteiger partial charge in [0, 0.05) is 61.3 Å². The highest BCUT2D eigenvalue weighted by molar-refractivity contribution is 6.35. The average Bonchev–Trinajstić information content (AvgIpc) is 3.18. The minimum Gasteiger partial charge on any atom is -0.493 e. The molecule has 4 aromatic carbocycles. The van der Waals surface area contributed by atoms with Gasteiger partial charge in [-0.25, -0.2) is 9.18 Å². The van der Waals surface area contributed by atoms with Crippen LogP contribution in [0, 0.1) is 11.7 Å². The Hall–Kier alpha value is -4.35. The van der Waals surface area contributed by atoms with Gasteiger partial charge in [0.15, 0.2) is 6.10 Å². The Morgan fingerprint density at radius 3 is 2.28 bits per heavy atom. The summed E-state index contributed by atoms with van der Waals surface area (Å²) >= 11 is 13.4. The number of amides is 2. The fraction of sp³-hybridized carbons (Fsp3) is 0.381. The first kappa shape index (κ1) is 39.3. The van der Waals surface area contributed by atoms with E-state index in [0.717, 1.165) is 48.3 Å². The molecule has 2 amide bonds. The van der Waals surface area contributed by atoms with Crippen molar-refractivity contribution >= 4 is 35.2 Å². The molecule has 2 N–H and O–H groups in total. The molecule has 4 aromatic rings. The fourth-order valence-corrected chi connectivity index (χ4v) is 7.82. The van der Waals surface area contributed by atoms with Crippen LogP contribution in [-0.2, 0) is 29.1 Å². The topological polar surface area (TPSA) is 97.6 Å². The van der Waals surface area contributed by atoms with Gasteiger partial charge in [-0.1, -0.05) is 77.8 Å². The van der Waals surface area contributed by atoms with Gasteiger partial charge in [-0.15, -0.1) is 0 Å². The molecule has 0 bridgehead atoms. The Morgan fingerprint density at radius 1 is 0.833 bits per heavy atom. The third kappa shape index (κ3) is 10.0. The van der Waals surface area contributed by atoms with Gasteiger partial charge in [0.1, 0.15) is 23.9 Å². The van der Waals surface area contributed by atoms with Crippen molar-refractivity contribution in [2.75, 3.05) is 52.4 Å². The lowest BCUT2D eigenvalue weighted by Gasteiger charge is -2.39. The van der Waals surface area contributed by atoms with Crippen molar-refractivity contribution in [3.05, 3.63) is 117 Å². The van der Waals surface area contributed by atoms with E-state index in [4.69, 9.17) is 43.1 Å². The Labute approximate surface area is 326 Å². The van der Waals surface area contributed by atoms with E-state index in [2.05, 4.69) is 9.80 Å². The van der Waals surface area contributed by atoms with Crippen molar-refractivity contribution in [2.45, 2.75) is 45.4 Å². The van der Waals surface area contributed by atoms with Crippen LogP contribution in [0.25, 0.3) is 11.1 Å². The quantitative estimate of drug-likeness (QED) is 0.139. The summed E-state index contributed by atoms with van der Waals surface area (Å²) in [7, 11) is 0. The number of primary amides is 1. The Bertz CT molecular complexity index is 1880. The minimum atomic E-state index is -0.959. The number of ether oxygens (including phenoxy) is 3. The SMILES string of the molecule is CCOc1cccc(F)c1CN1CCN(C(=O)C(OC(N)=O)C2CCN(CCc3cc(Cl)ccc3-c3cccc(OCc4ccccc4)c3Cl)CC2)CC1. The molecule has 286 valence electrons. The fourth-order valence-electron chi connectivity index (χ4n) is 7.34. The molecule has 0 radical (unpaired) electrons. The number of piperidine rings is 1. The monoisotopic (exact) mass is 776 g/mol. The highest BCUT2D eigenvalue weighted by atomic mass is 35.5. The van der Waals surface area contributed by atoms with Crippen LogP contribution < -0.4 is 15.2 Å². The number of nitrogens with two attached hydrogens (primary N) is 1. The highest BCUT2D eigenvalue weighted by Crippen LogP contribution is 2.38. The normalized spacial score (nSPS) is 16.2. The second kappa shape index (κ2) is 18.8. The summed E-state index contributed by atoms with van der Waals surface area (Å²) in [5.74, 6) is 0.440. The molecule has 54 heavy (non-hydrogen) atoms. The predicted molar refractivity (Wildman–Crippen MR) is 209 cm³/mol. The molecule has 12 heteroatoms. The van der Waals surface area contributed by atoms with Crippen LogP contribution >= 0.6 is 23.2 Å². The molecule has 2 aliphatic heterocycles. The number of hydrogen-bond donors (Lipinski definition) is 1. The van der Waals surface area contributed by atoms with Crippen LogP contribution in [0.1, 0.15) is 36.5 Å². The van der Waals surface area contributed by atoms with Gasteiger partial charge in [0.05, 0.1) is 11.6 Å². The summed E-state index contributed by atoms with van der Waals surface area (Å²) in [6.07, 6.45) is 0.165. The van der Waals surface area contributed by atoms with E-state index in [-0.39, 0.29) is 17.6 Å². The molecule has 2 heterocycles. The summed E-state index contributed by atoms with van der Waals surface area (Å²) < 4.78 is 31.9. The standard InChI is InChI=1S/C42H47Cl2FN4O5/c1-2-52-37-12-7-11-36(45)35(37)27-48-22-24-49(25-23-48)41(50)40(54-42(46)51)30-16-19-47(20-17-30)21-18-31-26-32(43)14-15-33(31)34-10-6-13-38(39(34)44)53-28-29-8-4-3-5-9-29/h3-15,26,30,40H,2,16-25,27-28H2,1H3,(H2,46,51). The Morgan fingerprint density at radius 2 is 1.56 bits per heavy atom. The zero-order valence-electron chi connectivity index (χ0n) is 30.5. The van der Waals surface area contributed by atoms with Gasteiger partial charge in [0.25, 0.3) is 5.91 Å². The lowest BCUT2D eigenvalue weighted by atomic mass is 9.89. The third-order valence-electron chi connectivity index (χ3n) is 10.2. The number of likely N-dealkylation sites (tertiary alicyclic amines) is 1. The molecule has 0 spiro atoms. The summed E-state index contributed by atoms with van der Waals surface area (Å²) in [6.45, 7) is 7.30. The minimum absolute atomic E-state index is 0.161. The first-order valence-electron chi connectivity index (χ1n) is 18.5. The molecule has 9 nitrogen and oxygen atoms in total. The highest BCUT2D eigenvalue weighted by Gasteiger charge is 2.38. The van der Waals surface area contributed by atoms with E-state index in [1.165, 1.54) is 6.07 Å². The molecule has 0 saturated carbocycles. The van der Waals surface area contributed by atoms with Gasteiger partial charge in [-0.05, 0) is 86.3 Å². The molecule has 6 rings (SSSR count). The van der Waals surface area contributed by atoms with Crippen LogP contribution in [0.4, 0.5) is 9.18 Å². The molecule has 0 aromatic heterocycles. The van der Waals surface area contributed by atoms with Gasteiger partial charge < -0.3 is 29.7 Å². The number of piperazine rings is 1. The van der Waals surface area contributed by atoms with Crippen molar-refractivity contribution in [3.63, 3.8) is 0 Å². The maximum absolute atomic E-state index is 14.7. The van der Waals surface area contributed by atoms with Crippen molar-refractivity contribution in [2.24, 2.45) is 11.7 Å². The summed E-state index contributed by atoms with van der Waals surface area (Å²) in [5.41, 5.74) is 9.98. The van der Waals surface area contributed by atoms with Crippen molar-refractivity contribution in [3.8, 4) is 22.6 Å². The van der Waals surface area contributed by atoms with Crippen LogP contribution in [0.15, 0.2) is 84.9 Å². The zero-order valence-corrected chi connectivity index (χ0v) is 32.0. The van der Waals surface area contributed by atoms with E-state index in [9.17, 15) is 14.0 Å². The molecule has 2 aliphatic rings. The summed E-state index contributed by atoms with van der Waals surface area (Å²) in [4.78, 5) is 32.0. The molecule has 1 unspecified atom stereocenters. The second-order valence-electron chi connectivity index (χ2n) is 13.7. The largest absolute Gasteiger partial charge is 0.493 e. The van der Waals surface area contributed by atoms with E-state index in [0.29, 0.717) is 85.9 Å². The van der Waals surface area contributed by atoms with Gasteiger partial charge >= 0.3 is 6.09 Å². The first-order chi connectivity index (χ1) is 26.2. The molecule has 2 fully saturated rings. The first-order valence-corrected chi connectivity index (χ1v) is 19.3. The molecule has 2 saturated heterocycles. The van der Waals surface area contributed by atoms with Gasteiger partial charge in [0.2, 0.25) is 0 Å². The second-order valence-corrected chi connectivity index (χ2v) is 14.5. The third-order valence-corrected chi connectivity index (χ3v) is 10.9. The van der Waals surface area contributed by atoms with E-state index < -0.39 is 12.2 Å². The number of nitrogens with zero attached hydrogens (tertiary/aromatic N) is 3. The Kier molecular flexibility index (Phi) is 13.7. The number of carbonyl (C=O) groups is 2. The summed E-state index contributed by atoms with van der Waals surface area (Å²) in [6, 6.07) is 26.5. The molecule has 1 atom stereocenters. The Balaban J connectivity index is 1.04. The zero-order chi connectivity index (χ0) is 38.0. The van der Waals surface area contributed by atoms with Crippen LogP contribution in [0.2, 0.25) is 10.0 Å². The van der Waals surface area contributed by atoms with Gasteiger partial charge in [-0.2, -0.15) is 0 Å². The van der Waals surface area contributed by atoms with Crippen molar-refractivity contribution < 1.29 is 28.2 Å². The maximum Gasteiger partial charge on any atom is 0.405 e. The average molecular weight is 778 g/mol. The predicted octanol–water partition coefficient (Wildman–Crippen LogP) is 7.84. The van der Waals surface area contributed by atoms with Crippen LogP contribution in [0.3, 0.4) is 0 Å². The lowest BCUT2D eigenvalue weighted by molar-refractivity contribution is -0.146. The summed E-state index contributed by atoms with van der Waals surface area (Å²) in [5, 5.41) is 1.19. The molecular weight excluding hydrogens is 730 g/mol. The number of halogens is 3. The van der Waals surface area contributed by atoms with E-state index >= 15 is 0 Å². The van der Waals surface area contributed by atoms with E-state index in [1.807, 2.05) is 73.7 Å². The maximum atomic E-state index is 14.7. The number of rotatable bonds is 14. The smallest absolute Gasteiger partial charge is 0.405 e. The van der Waals surface area contributed by atoms with Crippen molar-refractivity contribution in [1.82, 2.24) is 14.7 Å². The lowest BCUT2D eigenvalue weighted by Crippen LogP contribution is -2.54. The molecule has 0 aliphatic carbocycles. The van der Waals surface area contributed by atoms with E-state index in [1.54, 1.807) is 17.0 Å². The molecular formula is C42H47Cl2FN4O5. The number of benzene rings is 4. The number of hydrogen-bond acceptors (Lipinski definition) is 7. The number of carbonyl (C=O) groups excluding carboxylic acids is 2. The van der Waals surface area contributed by atoms with Gasteiger partial charge in [-0.3, -0.25) is 9.69 Å². The van der Waals surface area contributed by atoms with Crippen molar-refractivity contribution in [1.29, 1.82) is 0 Å². The van der Waals surface area contributed by atoms with Crippen LogP contribution in [-0.4, -0.2) is 85.2 Å².